The Labute approximate surface area is 629 Å². The average Bonchev–Trinajstić information content (AvgIpc) is 1.55. The van der Waals surface area contributed by atoms with Crippen LogP contribution < -0.4 is 0 Å². The van der Waals surface area contributed by atoms with Gasteiger partial charge in [-0.1, -0.05) is 212 Å². The van der Waals surface area contributed by atoms with Crippen molar-refractivity contribution in [3.05, 3.63) is 375 Å². The molecule has 0 atom stereocenters. The van der Waals surface area contributed by atoms with Gasteiger partial charge in [0.05, 0.1) is 78.5 Å². The van der Waals surface area contributed by atoms with E-state index in [0.29, 0.717) is 23.2 Å². The van der Waals surface area contributed by atoms with E-state index in [-0.39, 0.29) is 0 Å². The third-order valence-corrected chi connectivity index (χ3v) is 22.7. The van der Waals surface area contributed by atoms with Crippen LogP contribution in [-0.4, -0.2) is 42.4 Å². The zero-order valence-electron chi connectivity index (χ0n) is 59.1. The summed E-state index contributed by atoms with van der Waals surface area (Å²) in [5, 5.41) is 13.9. The summed E-state index contributed by atoms with van der Waals surface area (Å²) in [5.74, 6) is 1.61. The van der Waals surface area contributed by atoms with Gasteiger partial charge in [0, 0.05) is 110 Å². The van der Waals surface area contributed by atoms with E-state index in [1.165, 1.54) is 43.1 Å². The van der Waals surface area contributed by atoms with Crippen molar-refractivity contribution >= 4 is 137 Å². The SMILES string of the molecule is [C-]#[N+]c1ccc(-n2c3ccc(-n4c5ccccc5c5ccccc54)cc3c3cc(-n4c5ccccc5c5ccccc54)ccc32)cc1-c1cc(-c2nc(-c3ccccc3)nc(-c3ccccc3)n2)ccc1-n1c2ccc(-n3c4ccccc4c4ccccc43)cc2c2cc(-n3c4ccccc4c4ccccc43)ccc21. The molecule has 110 heavy (non-hydrogen) atoms. The third-order valence-electron chi connectivity index (χ3n) is 22.7. The topological polar surface area (TPSA) is 72.6 Å². The molecule has 0 spiro atoms. The molecule has 23 rings (SSSR count). The Morgan fingerprint density at radius 3 is 0.755 bits per heavy atom. The zero-order valence-corrected chi connectivity index (χ0v) is 59.1. The number of aromatic nitrogens is 9. The van der Waals surface area contributed by atoms with Crippen molar-refractivity contribution in [2.45, 2.75) is 0 Å². The summed E-state index contributed by atoms with van der Waals surface area (Å²) >= 11 is 0. The fourth-order valence-electron chi connectivity index (χ4n) is 17.9. The predicted octanol–water partition coefficient (Wildman–Crippen LogP) is 25.7. The lowest BCUT2D eigenvalue weighted by Crippen LogP contribution is -2.02. The van der Waals surface area contributed by atoms with Gasteiger partial charge in [-0.3, -0.25) is 0 Å². The fourth-order valence-corrected chi connectivity index (χ4v) is 17.9. The number of fused-ring (bicyclic) bond motifs is 18. The van der Waals surface area contributed by atoms with Crippen LogP contribution in [0.4, 0.5) is 5.69 Å². The minimum Gasteiger partial charge on any atom is -0.309 e. The number of benzene rings is 16. The molecule has 10 heteroatoms. The van der Waals surface area contributed by atoms with E-state index in [0.717, 1.165) is 150 Å². The van der Waals surface area contributed by atoms with Crippen molar-refractivity contribution in [1.29, 1.82) is 0 Å². The van der Waals surface area contributed by atoms with Crippen molar-refractivity contribution in [1.82, 2.24) is 42.4 Å². The van der Waals surface area contributed by atoms with Crippen molar-refractivity contribution in [2.24, 2.45) is 0 Å². The molecular weight excluding hydrogens is 1340 g/mol. The Morgan fingerprint density at radius 2 is 0.445 bits per heavy atom. The van der Waals surface area contributed by atoms with Crippen LogP contribution in [0.2, 0.25) is 0 Å². The summed E-state index contributed by atoms with van der Waals surface area (Å²) in [4.78, 5) is 20.4. The monoisotopic (exact) mass is 1400 g/mol. The highest BCUT2D eigenvalue weighted by Gasteiger charge is 2.26. The molecule has 0 aliphatic heterocycles. The van der Waals surface area contributed by atoms with E-state index in [9.17, 15) is 6.57 Å². The Bertz CT molecular complexity index is 7250. The van der Waals surface area contributed by atoms with Crippen LogP contribution in [0.3, 0.4) is 0 Å². The molecular formula is C100H60N10. The lowest BCUT2D eigenvalue weighted by Gasteiger charge is -2.19. The Kier molecular flexibility index (Phi) is 13.3. The van der Waals surface area contributed by atoms with Gasteiger partial charge in [-0.05, 0) is 163 Å². The lowest BCUT2D eigenvalue weighted by atomic mass is 9.97. The number of hydrogen-bond donors (Lipinski definition) is 0. The molecule has 16 aromatic carbocycles. The molecule has 0 bridgehead atoms. The number of rotatable bonds is 10. The van der Waals surface area contributed by atoms with Crippen LogP contribution >= 0.6 is 0 Å². The van der Waals surface area contributed by atoms with E-state index < -0.39 is 0 Å². The first-order valence-corrected chi connectivity index (χ1v) is 37.2. The van der Waals surface area contributed by atoms with E-state index in [1.807, 2.05) is 66.7 Å². The van der Waals surface area contributed by atoms with E-state index in [2.05, 4.69) is 329 Å². The summed E-state index contributed by atoms with van der Waals surface area (Å²) in [6, 6.07) is 131. The first-order chi connectivity index (χ1) is 54.5. The number of hydrogen-bond acceptors (Lipinski definition) is 3. The van der Waals surface area contributed by atoms with E-state index in [4.69, 9.17) is 15.0 Å². The molecule has 7 aromatic heterocycles. The maximum absolute atomic E-state index is 9.31. The van der Waals surface area contributed by atoms with Crippen molar-refractivity contribution in [3.8, 4) is 79.4 Å². The third kappa shape index (κ3) is 9.13. The van der Waals surface area contributed by atoms with E-state index in [1.54, 1.807) is 0 Å². The highest BCUT2D eigenvalue weighted by atomic mass is 15.1. The van der Waals surface area contributed by atoms with Crippen molar-refractivity contribution < 1.29 is 0 Å². The van der Waals surface area contributed by atoms with Crippen LogP contribution in [0, 0.1) is 6.57 Å². The first kappa shape index (κ1) is 61.2. The minimum absolute atomic E-state index is 0.490. The largest absolute Gasteiger partial charge is 0.309 e. The number of para-hydroxylation sites is 8. The average molecular weight is 1400 g/mol. The Hall–Kier alpha value is -15.2. The van der Waals surface area contributed by atoms with Gasteiger partial charge in [0.1, 0.15) is 0 Å². The second-order valence-electron chi connectivity index (χ2n) is 28.5. The summed E-state index contributed by atoms with van der Waals surface area (Å²) in [5.41, 5.74) is 23.6. The fraction of sp³-hybridized carbons (Fsp3) is 0. The standard InChI is InChI=1S/C100H60N10/c1-101-84-50-45-65(109-93-52-46-66(105-85-36-16-8-28-70(85)71-29-9-17-37-86(71)105)58-80(93)81-59-67(47-53-94(81)109)106-87-38-18-10-30-72(87)73-31-11-19-39-88(73)106)57-78(84)79-56-64(100-103-98(62-24-4-2-5-25-62)102-99(104-100)63-26-6-3-7-27-63)44-51-95(79)110-96-54-48-68(107-89-40-20-12-32-74(89)75-33-13-21-41-90(75)107)60-82(96)83-61-69(49-55-97(83)110)108-91-42-22-14-34-76(91)77-35-15-23-43-92(77)108/h2-61H. The Balaban J connectivity index is 0.800. The maximum atomic E-state index is 9.31. The normalized spacial score (nSPS) is 12.0. The summed E-state index contributed by atoms with van der Waals surface area (Å²) in [6.07, 6.45) is 0. The molecule has 0 unspecified atom stereocenters. The van der Waals surface area contributed by atoms with E-state index >= 15 is 0 Å². The van der Waals surface area contributed by atoms with Crippen LogP contribution in [0.15, 0.2) is 364 Å². The zero-order chi connectivity index (χ0) is 72.2. The minimum atomic E-state index is 0.490. The van der Waals surface area contributed by atoms with Gasteiger partial charge in [-0.25, -0.2) is 19.8 Å². The summed E-state index contributed by atoms with van der Waals surface area (Å²) in [6.45, 7) is 9.31. The molecule has 0 N–H and O–H groups in total. The highest BCUT2D eigenvalue weighted by Crippen LogP contribution is 2.47. The molecule has 0 fully saturated rings. The smallest absolute Gasteiger partial charge is 0.195 e. The molecule has 0 aliphatic rings. The van der Waals surface area contributed by atoms with Gasteiger partial charge in [0.2, 0.25) is 0 Å². The van der Waals surface area contributed by atoms with Gasteiger partial charge in [-0.15, -0.1) is 0 Å². The molecule has 7 heterocycles. The van der Waals surface area contributed by atoms with Gasteiger partial charge in [-0.2, -0.15) is 0 Å². The van der Waals surface area contributed by atoms with Crippen LogP contribution in [0.5, 0.6) is 0 Å². The highest BCUT2D eigenvalue weighted by molar-refractivity contribution is 6.17. The second kappa shape index (κ2) is 23.9. The molecule has 23 aromatic rings. The second-order valence-corrected chi connectivity index (χ2v) is 28.5. The number of nitrogens with zero attached hydrogens (tertiary/aromatic N) is 10. The lowest BCUT2D eigenvalue weighted by molar-refractivity contribution is 1.07. The van der Waals surface area contributed by atoms with Crippen LogP contribution in [-0.2, 0) is 0 Å². The quantitative estimate of drug-likeness (QED) is 0.128. The van der Waals surface area contributed by atoms with Gasteiger partial charge < -0.3 is 27.4 Å². The molecule has 0 amide bonds. The van der Waals surface area contributed by atoms with Crippen LogP contribution in [0.25, 0.3) is 215 Å². The molecule has 510 valence electrons. The maximum Gasteiger partial charge on any atom is 0.195 e. The van der Waals surface area contributed by atoms with Gasteiger partial charge in [0.25, 0.3) is 0 Å². The molecule has 0 aliphatic carbocycles. The van der Waals surface area contributed by atoms with Crippen LogP contribution in [0.1, 0.15) is 0 Å². The summed E-state index contributed by atoms with van der Waals surface area (Å²) < 4.78 is 14.4. The molecule has 0 saturated carbocycles. The molecule has 10 nitrogen and oxygen atoms in total. The van der Waals surface area contributed by atoms with Crippen molar-refractivity contribution in [2.75, 3.05) is 0 Å². The van der Waals surface area contributed by atoms with Gasteiger partial charge in [0.15, 0.2) is 23.2 Å². The van der Waals surface area contributed by atoms with Crippen molar-refractivity contribution in [3.63, 3.8) is 0 Å². The molecule has 0 radical (unpaired) electrons. The Morgan fingerprint density at radius 1 is 0.191 bits per heavy atom. The molecule has 0 saturated heterocycles. The predicted molar refractivity (Wildman–Crippen MR) is 454 cm³/mol. The summed E-state index contributed by atoms with van der Waals surface area (Å²) in [7, 11) is 0. The first-order valence-electron chi connectivity index (χ1n) is 37.2. The van der Waals surface area contributed by atoms with Gasteiger partial charge >= 0.3 is 0 Å².